The van der Waals surface area contributed by atoms with E-state index in [9.17, 15) is 4.79 Å². The molecule has 2 aromatic heterocycles. The Morgan fingerprint density at radius 3 is 2.61 bits per heavy atom. The van der Waals surface area contributed by atoms with E-state index in [-0.39, 0.29) is 12.1 Å². The van der Waals surface area contributed by atoms with Crippen molar-refractivity contribution in [2.75, 3.05) is 7.11 Å². The van der Waals surface area contributed by atoms with Crippen LogP contribution in [0.2, 0.25) is 0 Å². The second-order valence-electron chi connectivity index (χ2n) is 9.53. The minimum absolute atomic E-state index is 0.0547. The third kappa shape index (κ3) is 3.65. The Labute approximate surface area is 199 Å². The van der Waals surface area contributed by atoms with E-state index in [1.807, 2.05) is 23.5 Å². The molecule has 1 aliphatic heterocycles. The van der Waals surface area contributed by atoms with Crippen molar-refractivity contribution in [3.63, 3.8) is 0 Å². The quantitative estimate of drug-likeness (QED) is 0.521. The van der Waals surface area contributed by atoms with E-state index in [1.165, 1.54) is 53.1 Å². The van der Waals surface area contributed by atoms with Gasteiger partial charge >= 0.3 is 6.03 Å². The molecule has 2 aliphatic carbocycles. The van der Waals surface area contributed by atoms with E-state index in [0.717, 1.165) is 36.3 Å². The van der Waals surface area contributed by atoms with Gasteiger partial charge < -0.3 is 19.5 Å². The molecule has 172 valence electrons. The molecule has 1 aromatic carbocycles. The summed E-state index contributed by atoms with van der Waals surface area (Å²) in [7, 11) is 1.69. The summed E-state index contributed by atoms with van der Waals surface area (Å²) in [5.41, 5.74) is 5.11. The molecule has 2 amide bonds. The number of urea groups is 1. The third-order valence-electron chi connectivity index (χ3n) is 7.55. The topological polar surface area (TPSA) is 46.5 Å². The first kappa shape index (κ1) is 20.8. The van der Waals surface area contributed by atoms with Gasteiger partial charge in [-0.1, -0.05) is 25.0 Å². The maximum absolute atomic E-state index is 13.8. The Kier molecular flexibility index (Phi) is 5.41. The van der Waals surface area contributed by atoms with Crippen molar-refractivity contribution in [1.29, 1.82) is 0 Å². The molecule has 33 heavy (non-hydrogen) atoms. The lowest BCUT2D eigenvalue weighted by Gasteiger charge is -2.32. The molecule has 5 nitrogen and oxygen atoms in total. The van der Waals surface area contributed by atoms with Crippen LogP contribution in [0, 0.1) is 0 Å². The van der Waals surface area contributed by atoms with E-state index in [2.05, 4.69) is 45.2 Å². The number of ether oxygens (including phenoxy) is 1. The lowest BCUT2D eigenvalue weighted by molar-refractivity contribution is 0.176. The summed E-state index contributed by atoms with van der Waals surface area (Å²) >= 11 is 1.93. The Morgan fingerprint density at radius 2 is 1.82 bits per heavy atom. The summed E-state index contributed by atoms with van der Waals surface area (Å²) < 4.78 is 7.75. The van der Waals surface area contributed by atoms with Crippen LogP contribution < -0.4 is 10.1 Å². The molecule has 1 fully saturated rings. The van der Waals surface area contributed by atoms with E-state index in [0.29, 0.717) is 12.6 Å². The zero-order valence-electron chi connectivity index (χ0n) is 19.2. The summed E-state index contributed by atoms with van der Waals surface area (Å²) in [6.07, 6.45) is 11.6. The van der Waals surface area contributed by atoms with Crippen molar-refractivity contribution < 1.29 is 9.53 Å². The van der Waals surface area contributed by atoms with Crippen LogP contribution in [0.25, 0.3) is 5.00 Å². The van der Waals surface area contributed by atoms with Gasteiger partial charge in [-0.05, 0) is 73.9 Å². The molecule has 1 unspecified atom stereocenters. The third-order valence-corrected chi connectivity index (χ3v) is 8.89. The SMILES string of the molecule is COc1ccc(C2c3cccn3-c3sc4c(c3CN2C(=O)NC2CCCC2)CCCC4)cc1. The smallest absolute Gasteiger partial charge is 0.318 e. The average Bonchev–Trinajstić information content (AvgIpc) is 3.58. The Balaban J connectivity index is 1.47. The van der Waals surface area contributed by atoms with E-state index in [1.54, 1.807) is 7.11 Å². The van der Waals surface area contributed by atoms with Gasteiger partial charge in [-0.25, -0.2) is 4.79 Å². The molecule has 6 heteroatoms. The van der Waals surface area contributed by atoms with Gasteiger partial charge in [-0.2, -0.15) is 0 Å². The van der Waals surface area contributed by atoms with E-state index in [4.69, 9.17) is 4.74 Å². The number of nitrogens with one attached hydrogen (secondary N) is 1. The second kappa shape index (κ2) is 8.56. The number of thiophene rings is 1. The first-order valence-corrected chi connectivity index (χ1v) is 13.1. The molecule has 3 aliphatic rings. The van der Waals surface area contributed by atoms with Crippen LogP contribution in [0.1, 0.15) is 71.8 Å². The first-order chi connectivity index (χ1) is 16.2. The molecule has 0 bridgehead atoms. The predicted molar refractivity (Wildman–Crippen MR) is 131 cm³/mol. The lowest BCUT2D eigenvalue weighted by atomic mass is 9.95. The van der Waals surface area contributed by atoms with Crippen molar-refractivity contribution in [2.24, 2.45) is 0 Å². The van der Waals surface area contributed by atoms with Crippen molar-refractivity contribution in [3.8, 4) is 10.8 Å². The van der Waals surface area contributed by atoms with Crippen molar-refractivity contribution in [2.45, 2.75) is 70.0 Å². The van der Waals surface area contributed by atoms with Crippen LogP contribution in [-0.4, -0.2) is 28.6 Å². The Hall–Kier alpha value is -2.73. The highest BCUT2D eigenvalue weighted by molar-refractivity contribution is 7.15. The zero-order chi connectivity index (χ0) is 22.4. The standard InChI is InChI=1S/C27H31N3O2S/c1-32-20-14-12-18(13-15-20)25-23-10-6-16-29(23)26-22(21-9-4-5-11-24(21)33-26)17-30(25)27(31)28-19-7-2-3-8-19/h6,10,12-16,19,25H,2-5,7-9,11,17H2,1H3,(H,28,31). The molecule has 3 heterocycles. The Bertz CT molecular complexity index is 1160. The van der Waals surface area contributed by atoms with Crippen LogP contribution in [0.15, 0.2) is 42.6 Å². The number of carbonyl (C=O) groups excluding carboxylic acids is 1. The van der Waals surface area contributed by atoms with Gasteiger partial charge in [0, 0.05) is 22.7 Å². The molecule has 1 atom stereocenters. The largest absolute Gasteiger partial charge is 0.497 e. The molecule has 0 spiro atoms. The van der Waals surface area contributed by atoms with Gasteiger partial charge in [0.1, 0.15) is 10.8 Å². The average molecular weight is 462 g/mol. The van der Waals surface area contributed by atoms with Crippen molar-refractivity contribution >= 4 is 17.4 Å². The first-order valence-electron chi connectivity index (χ1n) is 12.2. The Morgan fingerprint density at radius 1 is 1.03 bits per heavy atom. The van der Waals surface area contributed by atoms with Gasteiger partial charge in [0.2, 0.25) is 0 Å². The maximum atomic E-state index is 13.8. The fraction of sp³-hybridized carbons (Fsp3) is 0.444. The molecule has 0 saturated heterocycles. The number of amides is 2. The molecule has 6 rings (SSSR count). The fourth-order valence-corrected chi connectivity index (χ4v) is 7.26. The minimum atomic E-state index is -0.147. The second-order valence-corrected chi connectivity index (χ2v) is 10.6. The number of fused-ring (bicyclic) bond motifs is 5. The van der Waals surface area contributed by atoms with Gasteiger partial charge in [0.15, 0.2) is 0 Å². The number of benzene rings is 1. The van der Waals surface area contributed by atoms with Crippen LogP contribution in [0.3, 0.4) is 0 Å². The summed E-state index contributed by atoms with van der Waals surface area (Å²) in [6.45, 7) is 0.651. The van der Waals surface area contributed by atoms with Gasteiger partial charge in [-0.15, -0.1) is 11.3 Å². The van der Waals surface area contributed by atoms with Gasteiger partial charge in [0.25, 0.3) is 0 Å². The molecule has 0 radical (unpaired) electrons. The number of aromatic nitrogens is 1. The number of carbonyl (C=O) groups is 1. The summed E-state index contributed by atoms with van der Waals surface area (Å²) in [5, 5.41) is 4.68. The van der Waals surface area contributed by atoms with Gasteiger partial charge in [-0.3, -0.25) is 0 Å². The highest BCUT2D eigenvalue weighted by atomic mass is 32.1. The summed E-state index contributed by atoms with van der Waals surface area (Å²) in [6, 6.07) is 12.7. The maximum Gasteiger partial charge on any atom is 0.318 e. The highest BCUT2D eigenvalue weighted by Gasteiger charge is 2.36. The fourth-order valence-electron chi connectivity index (χ4n) is 5.85. The summed E-state index contributed by atoms with van der Waals surface area (Å²) in [4.78, 5) is 17.4. The molecule has 3 aromatic rings. The van der Waals surface area contributed by atoms with Gasteiger partial charge in [0.05, 0.1) is 25.4 Å². The lowest BCUT2D eigenvalue weighted by Crippen LogP contribution is -2.45. The van der Waals surface area contributed by atoms with E-state index < -0.39 is 0 Å². The predicted octanol–water partition coefficient (Wildman–Crippen LogP) is 5.98. The molecule has 1 N–H and O–H groups in total. The van der Waals surface area contributed by atoms with Crippen LogP contribution in [-0.2, 0) is 19.4 Å². The van der Waals surface area contributed by atoms with Crippen LogP contribution in [0.5, 0.6) is 5.75 Å². The van der Waals surface area contributed by atoms with E-state index >= 15 is 0 Å². The number of rotatable bonds is 3. The number of methoxy groups -OCH3 is 1. The number of nitrogens with zero attached hydrogens (tertiary/aromatic N) is 2. The highest BCUT2D eigenvalue weighted by Crippen LogP contribution is 2.44. The zero-order valence-corrected chi connectivity index (χ0v) is 20.0. The normalized spacial score (nSPS) is 20.0. The molecular weight excluding hydrogens is 430 g/mol. The number of hydrogen-bond acceptors (Lipinski definition) is 3. The number of hydrogen-bond donors (Lipinski definition) is 1. The number of aryl methyl sites for hydroxylation is 1. The van der Waals surface area contributed by atoms with Crippen molar-refractivity contribution in [1.82, 2.24) is 14.8 Å². The van der Waals surface area contributed by atoms with Crippen molar-refractivity contribution in [3.05, 3.63) is 69.9 Å². The molecular formula is C27H31N3O2S. The van der Waals surface area contributed by atoms with Crippen LogP contribution >= 0.6 is 11.3 Å². The minimum Gasteiger partial charge on any atom is -0.497 e. The summed E-state index contributed by atoms with van der Waals surface area (Å²) in [5.74, 6) is 0.831. The molecule has 1 saturated carbocycles. The monoisotopic (exact) mass is 461 g/mol. The van der Waals surface area contributed by atoms with Crippen LogP contribution in [0.4, 0.5) is 4.79 Å².